The molecule has 0 saturated heterocycles. The third kappa shape index (κ3) is 2.02. The minimum Gasteiger partial charge on any atom is -0.310 e. The highest BCUT2D eigenvalue weighted by Gasteiger charge is 2.22. The monoisotopic (exact) mass is 235 g/mol. The molecule has 1 aromatic rings. The smallest absolute Gasteiger partial charge is 0.226 e. The molecule has 0 fully saturated rings. The quantitative estimate of drug-likeness (QED) is 0.778. The summed E-state index contributed by atoms with van der Waals surface area (Å²) in [5.41, 5.74) is 2.05. The molecule has 0 aromatic carbocycles. The maximum absolute atomic E-state index is 11.4. The maximum atomic E-state index is 11.4. The van der Waals surface area contributed by atoms with Crippen LogP contribution in [-0.4, -0.2) is 39.6 Å². The van der Waals surface area contributed by atoms with Gasteiger partial charge in [0.1, 0.15) is 5.82 Å². The molecule has 6 nitrogen and oxygen atoms in total. The van der Waals surface area contributed by atoms with Gasteiger partial charge in [-0.05, 0) is 13.8 Å². The topological polar surface area (TPSA) is 62.5 Å². The van der Waals surface area contributed by atoms with E-state index in [-0.39, 0.29) is 5.91 Å². The Morgan fingerprint density at radius 3 is 2.65 bits per heavy atom. The van der Waals surface area contributed by atoms with E-state index in [0.717, 1.165) is 17.1 Å². The normalized spacial score (nSPS) is 15.1. The van der Waals surface area contributed by atoms with E-state index in [1.54, 1.807) is 16.5 Å². The van der Waals surface area contributed by atoms with Crippen LogP contribution in [0.25, 0.3) is 0 Å². The number of hydrogen-bond donors (Lipinski definition) is 1. The minimum atomic E-state index is 0.00490. The minimum absolute atomic E-state index is 0.00490. The number of guanidine groups is 1. The van der Waals surface area contributed by atoms with Crippen LogP contribution in [0.3, 0.4) is 0 Å². The van der Waals surface area contributed by atoms with Gasteiger partial charge in [0.2, 0.25) is 11.9 Å². The van der Waals surface area contributed by atoms with E-state index < -0.39 is 0 Å². The van der Waals surface area contributed by atoms with Crippen molar-refractivity contribution in [3.8, 4) is 0 Å². The Labute approximate surface area is 100 Å². The zero-order valence-electron chi connectivity index (χ0n) is 10.6. The SMILES string of the molecule is CC(=O)N1CCN=C1Nc1c(C)c(C)nn1C. The molecule has 2 rings (SSSR count). The van der Waals surface area contributed by atoms with Crippen molar-refractivity contribution in [2.75, 3.05) is 18.4 Å². The van der Waals surface area contributed by atoms with E-state index in [9.17, 15) is 4.79 Å². The first-order valence-corrected chi connectivity index (χ1v) is 5.60. The van der Waals surface area contributed by atoms with Crippen molar-refractivity contribution in [3.63, 3.8) is 0 Å². The fourth-order valence-corrected chi connectivity index (χ4v) is 1.91. The van der Waals surface area contributed by atoms with Gasteiger partial charge in [0.05, 0.1) is 12.2 Å². The molecule has 1 aliphatic heterocycles. The molecule has 17 heavy (non-hydrogen) atoms. The molecule has 0 spiro atoms. The molecule has 6 heteroatoms. The van der Waals surface area contributed by atoms with E-state index in [1.807, 2.05) is 20.9 Å². The van der Waals surface area contributed by atoms with E-state index >= 15 is 0 Å². The molecule has 1 aliphatic rings. The summed E-state index contributed by atoms with van der Waals surface area (Å²) in [4.78, 5) is 17.3. The van der Waals surface area contributed by atoms with Gasteiger partial charge < -0.3 is 5.32 Å². The van der Waals surface area contributed by atoms with Gasteiger partial charge in [-0.25, -0.2) is 0 Å². The molecule has 0 unspecified atom stereocenters. The van der Waals surface area contributed by atoms with E-state index in [1.165, 1.54) is 0 Å². The predicted octanol–water partition coefficient (Wildman–Crippen LogP) is 0.667. The third-order valence-corrected chi connectivity index (χ3v) is 2.97. The molecule has 1 amide bonds. The lowest BCUT2D eigenvalue weighted by molar-refractivity contribution is -0.124. The molecule has 0 bridgehead atoms. The van der Waals surface area contributed by atoms with Gasteiger partial charge in [-0.15, -0.1) is 0 Å². The van der Waals surface area contributed by atoms with Crippen molar-refractivity contribution in [2.45, 2.75) is 20.8 Å². The summed E-state index contributed by atoms with van der Waals surface area (Å²) < 4.78 is 1.77. The molecule has 0 radical (unpaired) electrons. The lowest BCUT2D eigenvalue weighted by Crippen LogP contribution is -2.37. The molecule has 2 heterocycles. The zero-order chi connectivity index (χ0) is 12.6. The van der Waals surface area contributed by atoms with Crippen LogP contribution in [0.5, 0.6) is 0 Å². The number of anilines is 1. The van der Waals surface area contributed by atoms with Crippen molar-refractivity contribution in [3.05, 3.63) is 11.3 Å². The van der Waals surface area contributed by atoms with Crippen molar-refractivity contribution < 1.29 is 4.79 Å². The van der Waals surface area contributed by atoms with Gasteiger partial charge in [0.15, 0.2) is 0 Å². The number of aliphatic imine (C=N–C) groups is 1. The van der Waals surface area contributed by atoms with Crippen LogP contribution < -0.4 is 5.32 Å². The van der Waals surface area contributed by atoms with Gasteiger partial charge in [-0.1, -0.05) is 0 Å². The second kappa shape index (κ2) is 4.20. The summed E-state index contributed by atoms with van der Waals surface area (Å²) in [6.45, 7) is 6.80. The molecule has 0 atom stereocenters. The first-order valence-electron chi connectivity index (χ1n) is 5.60. The van der Waals surface area contributed by atoms with Crippen molar-refractivity contribution in [2.24, 2.45) is 12.0 Å². The molecule has 92 valence electrons. The molecule has 1 aromatic heterocycles. The van der Waals surface area contributed by atoms with Crippen molar-refractivity contribution in [1.29, 1.82) is 0 Å². The van der Waals surface area contributed by atoms with Gasteiger partial charge in [-0.3, -0.25) is 19.4 Å². The van der Waals surface area contributed by atoms with E-state index in [0.29, 0.717) is 19.0 Å². The van der Waals surface area contributed by atoms with Gasteiger partial charge in [0, 0.05) is 26.1 Å². The number of rotatable bonds is 1. The lowest BCUT2D eigenvalue weighted by Gasteiger charge is -2.17. The highest BCUT2D eigenvalue weighted by Crippen LogP contribution is 2.18. The average molecular weight is 235 g/mol. The van der Waals surface area contributed by atoms with Gasteiger partial charge in [0.25, 0.3) is 0 Å². The summed E-state index contributed by atoms with van der Waals surface area (Å²) in [6.07, 6.45) is 0. The number of nitrogens with one attached hydrogen (secondary N) is 1. The van der Waals surface area contributed by atoms with Gasteiger partial charge >= 0.3 is 0 Å². The first-order chi connectivity index (χ1) is 8.00. The number of nitrogens with zero attached hydrogens (tertiary/aromatic N) is 4. The Morgan fingerprint density at radius 1 is 1.41 bits per heavy atom. The largest absolute Gasteiger partial charge is 0.310 e. The predicted molar refractivity (Wildman–Crippen MR) is 66.0 cm³/mol. The molecular weight excluding hydrogens is 218 g/mol. The molecule has 0 aliphatic carbocycles. The van der Waals surface area contributed by atoms with Gasteiger partial charge in [-0.2, -0.15) is 5.10 Å². The summed E-state index contributed by atoms with van der Waals surface area (Å²) >= 11 is 0. The van der Waals surface area contributed by atoms with Crippen molar-refractivity contribution >= 4 is 17.7 Å². The van der Waals surface area contributed by atoms with Crippen LogP contribution in [0, 0.1) is 13.8 Å². The summed E-state index contributed by atoms with van der Waals surface area (Å²) in [5.74, 6) is 1.50. The number of carbonyl (C=O) groups is 1. The standard InChI is InChI=1S/C11H17N5O/c1-7-8(2)14-15(4)10(7)13-11-12-5-6-16(11)9(3)17/h5-6H2,1-4H3,(H,12,13). The number of aryl methyl sites for hydroxylation is 2. The Kier molecular flexibility index (Phi) is 2.87. The van der Waals surface area contributed by atoms with E-state index in [4.69, 9.17) is 0 Å². The highest BCUT2D eigenvalue weighted by molar-refractivity contribution is 6.04. The summed E-state index contributed by atoms with van der Waals surface area (Å²) in [5, 5.41) is 7.50. The fraction of sp³-hybridized carbons (Fsp3) is 0.545. The summed E-state index contributed by atoms with van der Waals surface area (Å²) in [6, 6.07) is 0. The zero-order valence-corrected chi connectivity index (χ0v) is 10.6. The lowest BCUT2D eigenvalue weighted by atomic mass is 10.3. The third-order valence-electron chi connectivity index (χ3n) is 2.97. The number of aromatic nitrogens is 2. The highest BCUT2D eigenvalue weighted by atomic mass is 16.2. The Bertz CT molecular complexity index is 488. The second-order valence-electron chi connectivity index (χ2n) is 4.18. The maximum Gasteiger partial charge on any atom is 0.226 e. The number of hydrogen-bond acceptors (Lipinski definition) is 4. The number of carbonyl (C=O) groups excluding carboxylic acids is 1. The summed E-state index contributed by atoms with van der Waals surface area (Å²) in [7, 11) is 1.87. The molecule has 1 N–H and O–H groups in total. The van der Waals surface area contributed by atoms with Crippen LogP contribution in [0.1, 0.15) is 18.2 Å². The average Bonchev–Trinajstić information content (AvgIpc) is 2.80. The Hall–Kier alpha value is -1.85. The van der Waals surface area contributed by atoms with Crippen molar-refractivity contribution in [1.82, 2.24) is 14.7 Å². The Balaban J connectivity index is 2.24. The van der Waals surface area contributed by atoms with Crippen LogP contribution in [0.4, 0.5) is 5.82 Å². The fourth-order valence-electron chi connectivity index (χ4n) is 1.91. The Morgan fingerprint density at radius 2 is 2.12 bits per heavy atom. The molecule has 0 saturated carbocycles. The number of amides is 1. The second-order valence-corrected chi connectivity index (χ2v) is 4.18. The van der Waals surface area contributed by atoms with Crippen LogP contribution in [0.15, 0.2) is 4.99 Å². The first kappa shape index (κ1) is 11.6. The van der Waals surface area contributed by atoms with Crippen LogP contribution >= 0.6 is 0 Å². The van der Waals surface area contributed by atoms with Crippen LogP contribution in [-0.2, 0) is 11.8 Å². The molecular formula is C11H17N5O. The van der Waals surface area contributed by atoms with Crippen LogP contribution in [0.2, 0.25) is 0 Å². The van der Waals surface area contributed by atoms with E-state index in [2.05, 4.69) is 15.4 Å².